The second-order valence-corrected chi connectivity index (χ2v) is 5.50. The van der Waals surface area contributed by atoms with E-state index in [0.717, 1.165) is 25.0 Å². The number of nitrogens with one attached hydrogen (secondary N) is 1. The van der Waals surface area contributed by atoms with Crippen LogP contribution in [0, 0.1) is 11.8 Å². The summed E-state index contributed by atoms with van der Waals surface area (Å²) in [6.45, 7) is 5.35. The average molecular weight is 241 g/mol. The topological polar surface area (TPSA) is 21.3 Å². The molecule has 1 saturated carbocycles. The van der Waals surface area contributed by atoms with Gasteiger partial charge in [0, 0.05) is 13.7 Å². The third-order valence-corrected chi connectivity index (χ3v) is 4.12. The van der Waals surface area contributed by atoms with Crippen LogP contribution in [0.4, 0.5) is 0 Å². The van der Waals surface area contributed by atoms with Gasteiger partial charge < -0.3 is 10.1 Å². The second-order valence-electron chi connectivity index (χ2n) is 5.50. The molecule has 0 aromatic carbocycles. The van der Waals surface area contributed by atoms with Crippen molar-refractivity contribution in [2.75, 3.05) is 26.8 Å². The normalized spacial score (nSPS) is 20.1. The fraction of sp³-hybridized carbons (Fsp3) is 1.00. The molecule has 17 heavy (non-hydrogen) atoms. The van der Waals surface area contributed by atoms with Gasteiger partial charge in [-0.15, -0.1) is 0 Å². The van der Waals surface area contributed by atoms with Crippen LogP contribution < -0.4 is 5.32 Å². The van der Waals surface area contributed by atoms with Crippen molar-refractivity contribution in [3.05, 3.63) is 0 Å². The highest BCUT2D eigenvalue weighted by Crippen LogP contribution is 2.31. The van der Waals surface area contributed by atoms with Crippen molar-refractivity contribution in [3.63, 3.8) is 0 Å². The molecule has 1 N–H and O–H groups in total. The van der Waals surface area contributed by atoms with Crippen LogP contribution in [-0.4, -0.2) is 26.8 Å². The highest BCUT2D eigenvalue weighted by atomic mass is 16.5. The van der Waals surface area contributed by atoms with E-state index in [9.17, 15) is 0 Å². The van der Waals surface area contributed by atoms with Gasteiger partial charge in [-0.1, -0.05) is 51.9 Å². The minimum Gasteiger partial charge on any atom is -0.383 e. The van der Waals surface area contributed by atoms with Crippen LogP contribution in [0.5, 0.6) is 0 Å². The third-order valence-electron chi connectivity index (χ3n) is 4.12. The summed E-state index contributed by atoms with van der Waals surface area (Å²) in [6.07, 6.45) is 11.5. The lowest BCUT2D eigenvalue weighted by Gasteiger charge is -2.26. The lowest BCUT2D eigenvalue weighted by molar-refractivity contribution is 0.192. The molecule has 0 amide bonds. The monoisotopic (exact) mass is 241 g/mol. The predicted molar refractivity (Wildman–Crippen MR) is 74.3 cm³/mol. The van der Waals surface area contributed by atoms with Gasteiger partial charge in [-0.25, -0.2) is 0 Å². The quantitative estimate of drug-likeness (QED) is 0.518. The first-order valence-electron chi connectivity index (χ1n) is 7.58. The molecular formula is C15H31NO. The van der Waals surface area contributed by atoms with Crippen LogP contribution in [0.25, 0.3) is 0 Å². The molecule has 102 valence electrons. The summed E-state index contributed by atoms with van der Waals surface area (Å²) in [5, 5.41) is 3.56. The minimum atomic E-state index is 0.837. The molecule has 0 aromatic heterocycles. The van der Waals surface area contributed by atoms with Crippen molar-refractivity contribution in [2.45, 2.75) is 58.3 Å². The highest BCUT2D eigenvalue weighted by Gasteiger charge is 2.21. The Hall–Kier alpha value is -0.0800. The summed E-state index contributed by atoms with van der Waals surface area (Å²) in [7, 11) is 1.77. The predicted octanol–water partition coefficient (Wildman–Crippen LogP) is 3.61. The first kappa shape index (κ1) is 15.0. The number of hydrogen-bond acceptors (Lipinski definition) is 2. The largest absolute Gasteiger partial charge is 0.383 e. The molecule has 2 nitrogen and oxygen atoms in total. The Balaban J connectivity index is 2.28. The summed E-state index contributed by atoms with van der Waals surface area (Å²) in [4.78, 5) is 0. The Morgan fingerprint density at radius 2 is 1.88 bits per heavy atom. The Labute approximate surface area is 108 Å². The molecule has 1 aliphatic carbocycles. The second kappa shape index (κ2) is 9.90. The SMILES string of the molecule is CCCC(CNCCOC)C1CCCCCC1. The Morgan fingerprint density at radius 3 is 2.47 bits per heavy atom. The third kappa shape index (κ3) is 6.42. The van der Waals surface area contributed by atoms with E-state index in [2.05, 4.69) is 12.2 Å². The maximum Gasteiger partial charge on any atom is 0.0587 e. The van der Waals surface area contributed by atoms with Crippen molar-refractivity contribution in [2.24, 2.45) is 11.8 Å². The summed E-state index contributed by atoms with van der Waals surface area (Å²) in [5.74, 6) is 1.88. The van der Waals surface area contributed by atoms with Crippen molar-refractivity contribution < 1.29 is 4.74 Å². The molecule has 1 rings (SSSR count). The van der Waals surface area contributed by atoms with Gasteiger partial charge in [-0.05, 0) is 24.8 Å². The van der Waals surface area contributed by atoms with Crippen molar-refractivity contribution >= 4 is 0 Å². The fourth-order valence-electron chi connectivity index (χ4n) is 3.12. The summed E-state index contributed by atoms with van der Waals surface area (Å²) in [5.41, 5.74) is 0. The zero-order chi connectivity index (χ0) is 12.3. The lowest BCUT2D eigenvalue weighted by Crippen LogP contribution is -2.30. The molecular weight excluding hydrogens is 210 g/mol. The molecule has 1 unspecified atom stereocenters. The van der Waals surface area contributed by atoms with E-state index in [-0.39, 0.29) is 0 Å². The minimum absolute atomic E-state index is 0.837. The molecule has 0 bridgehead atoms. The molecule has 0 saturated heterocycles. The molecule has 1 aliphatic rings. The lowest BCUT2D eigenvalue weighted by atomic mass is 9.83. The van der Waals surface area contributed by atoms with Crippen molar-refractivity contribution in [1.29, 1.82) is 0 Å². The van der Waals surface area contributed by atoms with Crippen LogP contribution in [-0.2, 0) is 4.74 Å². The van der Waals surface area contributed by atoms with Gasteiger partial charge in [0.05, 0.1) is 6.61 Å². The van der Waals surface area contributed by atoms with E-state index in [0.29, 0.717) is 0 Å². The number of hydrogen-bond donors (Lipinski definition) is 1. The standard InChI is InChI=1S/C15H31NO/c1-3-8-15(13-16-11-12-17-2)14-9-6-4-5-7-10-14/h14-16H,3-13H2,1-2H3. The van der Waals surface area contributed by atoms with Crippen LogP contribution in [0.3, 0.4) is 0 Å². The van der Waals surface area contributed by atoms with Crippen molar-refractivity contribution in [3.8, 4) is 0 Å². The Morgan fingerprint density at radius 1 is 1.18 bits per heavy atom. The smallest absolute Gasteiger partial charge is 0.0587 e. The van der Waals surface area contributed by atoms with Gasteiger partial charge in [-0.3, -0.25) is 0 Å². The average Bonchev–Trinajstić information content (AvgIpc) is 2.62. The van der Waals surface area contributed by atoms with E-state index in [4.69, 9.17) is 4.74 Å². The first-order chi connectivity index (χ1) is 8.38. The number of rotatable bonds is 8. The van der Waals surface area contributed by atoms with Gasteiger partial charge >= 0.3 is 0 Å². The Kier molecular flexibility index (Phi) is 8.72. The van der Waals surface area contributed by atoms with Gasteiger partial charge in [0.25, 0.3) is 0 Å². The number of ether oxygens (including phenoxy) is 1. The van der Waals surface area contributed by atoms with Gasteiger partial charge in [0.15, 0.2) is 0 Å². The van der Waals surface area contributed by atoms with Gasteiger partial charge in [0.2, 0.25) is 0 Å². The summed E-state index contributed by atoms with van der Waals surface area (Å²) in [6, 6.07) is 0. The molecule has 2 heteroatoms. The fourth-order valence-corrected chi connectivity index (χ4v) is 3.12. The highest BCUT2D eigenvalue weighted by molar-refractivity contribution is 4.74. The van der Waals surface area contributed by atoms with E-state index >= 15 is 0 Å². The first-order valence-corrected chi connectivity index (χ1v) is 7.58. The van der Waals surface area contributed by atoms with Crippen LogP contribution >= 0.6 is 0 Å². The van der Waals surface area contributed by atoms with E-state index in [1.807, 2.05) is 0 Å². The van der Waals surface area contributed by atoms with Gasteiger partial charge in [-0.2, -0.15) is 0 Å². The van der Waals surface area contributed by atoms with Crippen molar-refractivity contribution in [1.82, 2.24) is 5.32 Å². The molecule has 0 aliphatic heterocycles. The van der Waals surface area contributed by atoms with Crippen LogP contribution in [0.2, 0.25) is 0 Å². The molecule has 0 heterocycles. The molecule has 0 radical (unpaired) electrons. The molecule has 0 spiro atoms. The van der Waals surface area contributed by atoms with E-state index in [1.54, 1.807) is 7.11 Å². The van der Waals surface area contributed by atoms with Crippen LogP contribution in [0.15, 0.2) is 0 Å². The maximum absolute atomic E-state index is 5.09. The van der Waals surface area contributed by atoms with E-state index < -0.39 is 0 Å². The Bertz CT molecular complexity index is 164. The van der Waals surface area contributed by atoms with E-state index in [1.165, 1.54) is 57.9 Å². The maximum atomic E-state index is 5.09. The molecule has 1 atom stereocenters. The number of methoxy groups -OCH3 is 1. The van der Waals surface area contributed by atoms with Gasteiger partial charge in [0.1, 0.15) is 0 Å². The molecule has 0 aromatic rings. The zero-order valence-electron chi connectivity index (χ0n) is 11.8. The molecule has 1 fully saturated rings. The van der Waals surface area contributed by atoms with Crippen LogP contribution in [0.1, 0.15) is 58.3 Å². The summed E-state index contributed by atoms with van der Waals surface area (Å²) >= 11 is 0. The zero-order valence-corrected chi connectivity index (χ0v) is 11.8. The summed E-state index contributed by atoms with van der Waals surface area (Å²) < 4.78 is 5.09.